The molecule has 25 heavy (non-hydrogen) atoms. The molecule has 2 aliphatic rings. The lowest BCUT2D eigenvalue weighted by Gasteiger charge is -2.41. The van der Waals surface area contributed by atoms with E-state index in [1.807, 2.05) is 4.90 Å². The van der Waals surface area contributed by atoms with Crippen molar-refractivity contribution in [2.24, 2.45) is 0 Å². The van der Waals surface area contributed by atoms with E-state index in [0.717, 1.165) is 45.6 Å². The summed E-state index contributed by atoms with van der Waals surface area (Å²) in [7, 11) is 2.11. The lowest BCUT2D eigenvalue weighted by molar-refractivity contribution is 0.0209. The van der Waals surface area contributed by atoms with Gasteiger partial charge in [0, 0.05) is 43.8 Å². The van der Waals surface area contributed by atoms with Crippen LogP contribution < -0.4 is 0 Å². The zero-order chi connectivity index (χ0) is 18.6. The van der Waals surface area contributed by atoms with Gasteiger partial charge in [0.25, 0.3) is 0 Å². The first-order valence-corrected chi connectivity index (χ1v) is 9.68. The maximum atomic E-state index is 12.4. The van der Waals surface area contributed by atoms with Crippen molar-refractivity contribution in [2.45, 2.75) is 71.2 Å². The van der Waals surface area contributed by atoms with Gasteiger partial charge in [0.2, 0.25) is 0 Å². The number of hydrogen-bond donors (Lipinski definition) is 0. The Bertz CT molecular complexity index is 428. The maximum absolute atomic E-state index is 12.4. The van der Waals surface area contributed by atoms with E-state index in [2.05, 4.69) is 51.5 Å². The first-order chi connectivity index (χ1) is 11.7. The first kappa shape index (κ1) is 20.5. The minimum atomic E-state index is -0.163. The molecule has 2 rings (SSSR count). The van der Waals surface area contributed by atoms with Crippen LogP contribution >= 0.6 is 0 Å². The summed E-state index contributed by atoms with van der Waals surface area (Å²) in [5.41, 5.74) is 0.162. The number of nitrogens with zero attached hydrogens (tertiary/aromatic N) is 3. The van der Waals surface area contributed by atoms with Crippen LogP contribution in [0.2, 0.25) is 0 Å². The van der Waals surface area contributed by atoms with Crippen LogP contribution in [0.4, 0.5) is 4.79 Å². The van der Waals surface area contributed by atoms with Crippen LogP contribution in [0.5, 0.6) is 0 Å². The molecule has 0 aromatic heterocycles. The zero-order valence-electron chi connectivity index (χ0n) is 17.0. The van der Waals surface area contributed by atoms with Crippen molar-refractivity contribution in [1.29, 1.82) is 0 Å². The van der Waals surface area contributed by atoms with E-state index in [0.29, 0.717) is 18.7 Å². The predicted octanol–water partition coefficient (Wildman–Crippen LogP) is 2.43. The molecular weight excluding hydrogens is 318 g/mol. The number of hydrogen-bond acceptors (Lipinski definition) is 5. The second-order valence-electron chi connectivity index (χ2n) is 8.65. The summed E-state index contributed by atoms with van der Waals surface area (Å²) >= 11 is 0. The van der Waals surface area contributed by atoms with Gasteiger partial charge in [-0.25, -0.2) is 4.79 Å². The monoisotopic (exact) mass is 355 g/mol. The number of rotatable bonds is 5. The minimum absolute atomic E-state index is 0.162. The normalized spacial score (nSPS) is 26.4. The summed E-state index contributed by atoms with van der Waals surface area (Å²) in [6, 6.07) is 0.738. The lowest BCUT2D eigenvalue weighted by atomic mass is 10.1. The summed E-state index contributed by atoms with van der Waals surface area (Å²) in [6.07, 6.45) is 2.27. The van der Waals surface area contributed by atoms with E-state index in [4.69, 9.17) is 9.47 Å². The summed E-state index contributed by atoms with van der Waals surface area (Å²) in [5.74, 6) is 0. The Morgan fingerprint density at radius 1 is 1.04 bits per heavy atom. The standard InChI is InChI=1S/C19H37N3O3/c1-15(2)24-13-16-7-8-17(20(16)6)14-25-18(23)21-9-11-22(12-10-21)19(3,4)5/h15-17H,7-14H2,1-6H3/t16-,17-/m0/s1. The molecule has 2 heterocycles. The highest BCUT2D eigenvalue weighted by Gasteiger charge is 2.33. The van der Waals surface area contributed by atoms with Crippen molar-refractivity contribution in [3.05, 3.63) is 0 Å². The zero-order valence-corrected chi connectivity index (χ0v) is 17.0. The number of carbonyl (C=O) groups excluding carboxylic acids is 1. The van der Waals surface area contributed by atoms with Crippen LogP contribution in [0, 0.1) is 0 Å². The summed E-state index contributed by atoms with van der Waals surface area (Å²) in [4.78, 5) is 18.9. The molecule has 0 bridgehead atoms. The molecule has 2 atom stereocenters. The average Bonchev–Trinajstić information content (AvgIpc) is 2.90. The fourth-order valence-electron chi connectivity index (χ4n) is 3.61. The molecule has 146 valence electrons. The molecule has 0 spiro atoms. The maximum Gasteiger partial charge on any atom is 0.409 e. The summed E-state index contributed by atoms with van der Waals surface area (Å²) in [5, 5.41) is 0. The van der Waals surface area contributed by atoms with Crippen molar-refractivity contribution in [3.63, 3.8) is 0 Å². The van der Waals surface area contributed by atoms with E-state index < -0.39 is 0 Å². The van der Waals surface area contributed by atoms with E-state index in [1.54, 1.807) is 0 Å². The SMILES string of the molecule is CC(C)OC[C@@H]1CC[C@@H](COC(=O)N2CCN(C(C)(C)C)CC2)N1C. The molecule has 2 aliphatic heterocycles. The highest BCUT2D eigenvalue weighted by Crippen LogP contribution is 2.23. The molecule has 1 amide bonds. The smallest absolute Gasteiger partial charge is 0.409 e. The molecule has 0 radical (unpaired) electrons. The van der Waals surface area contributed by atoms with Gasteiger partial charge in [-0.2, -0.15) is 0 Å². The topological polar surface area (TPSA) is 45.3 Å². The Balaban J connectivity index is 1.70. The number of carbonyl (C=O) groups is 1. The Hall–Kier alpha value is -0.850. The fourth-order valence-corrected chi connectivity index (χ4v) is 3.61. The lowest BCUT2D eigenvalue weighted by Crippen LogP contribution is -2.55. The summed E-state index contributed by atoms with van der Waals surface area (Å²) < 4.78 is 11.4. The number of piperazine rings is 1. The van der Waals surface area contributed by atoms with Gasteiger partial charge < -0.3 is 14.4 Å². The summed E-state index contributed by atoms with van der Waals surface area (Å²) in [6.45, 7) is 15.3. The second kappa shape index (κ2) is 8.69. The first-order valence-electron chi connectivity index (χ1n) is 9.68. The van der Waals surface area contributed by atoms with Crippen molar-refractivity contribution in [2.75, 3.05) is 46.4 Å². The molecule has 2 saturated heterocycles. The molecular formula is C19H37N3O3. The van der Waals surface area contributed by atoms with E-state index in [9.17, 15) is 4.79 Å². The highest BCUT2D eigenvalue weighted by atomic mass is 16.6. The molecule has 0 N–H and O–H groups in total. The molecule has 6 nitrogen and oxygen atoms in total. The second-order valence-corrected chi connectivity index (χ2v) is 8.65. The van der Waals surface area contributed by atoms with Crippen molar-refractivity contribution < 1.29 is 14.3 Å². The molecule has 0 aliphatic carbocycles. The number of amides is 1. The molecule has 0 aromatic rings. The van der Waals surface area contributed by atoms with Gasteiger partial charge >= 0.3 is 6.09 Å². The Morgan fingerprint density at radius 2 is 1.60 bits per heavy atom. The molecule has 6 heteroatoms. The van der Waals surface area contributed by atoms with E-state index in [-0.39, 0.29) is 17.7 Å². The van der Waals surface area contributed by atoms with Crippen LogP contribution in [-0.4, -0.2) is 91.0 Å². The minimum Gasteiger partial charge on any atom is -0.448 e. The van der Waals surface area contributed by atoms with Gasteiger partial charge in [0.1, 0.15) is 6.61 Å². The Kier molecular flexibility index (Phi) is 7.11. The van der Waals surface area contributed by atoms with Crippen LogP contribution in [0.25, 0.3) is 0 Å². The van der Waals surface area contributed by atoms with Crippen LogP contribution in [0.1, 0.15) is 47.5 Å². The van der Waals surface area contributed by atoms with Gasteiger partial charge in [-0.1, -0.05) is 0 Å². The van der Waals surface area contributed by atoms with E-state index in [1.165, 1.54) is 0 Å². The van der Waals surface area contributed by atoms with Gasteiger partial charge in [-0.3, -0.25) is 9.80 Å². The quantitative estimate of drug-likeness (QED) is 0.758. The third-order valence-electron chi connectivity index (χ3n) is 5.49. The Labute approximate surface area is 153 Å². The molecule has 0 aromatic carbocycles. The van der Waals surface area contributed by atoms with Crippen LogP contribution in [0.3, 0.4) is 0 Å². The average molecular weight is 356 g/mol. The molecule has 0 unspecified atom stereocenters. The number of likely N-dealkylation sites (tertiary alicyclic amines) is 1. The third kappa shape index (κ3) is 5.83. The van der Waals surface area contributed by atoms with Crippen molar-refractivity contribution in [3.8, 4) is 0 Å². The predicted molar refractivity (Wildman–Crippen MR) is 99.9 cm³/mol. The van der Waals surface area contributed by atoms with Gasteiger partial charge in [-0.15, -0.1) is 0 Å². The highest BCUT2D eigenvalue weighted by molar-refractivity contribution is 5.67. The molecule has 0 saturated carbocycles. The van der Waals surface area contributed by atoms with Crippen molar-refractivity contribution >= 4 is 6.09 Å². The third-order valence-corrected chi connectivity index (χ3v) is 5.49. The van der Waals surface area contributed by atoms with Gasteiger partial charge in [0.15, 0.2) is 0 Å². The molecule has 2 fully saturated rings. The Morgan fingerprint density at radius 3 is 2.12 bits per heavy atom. The number of ether oxygens (including phenoxy) is 2. The largest absolute Gasteiger partial charge is 0.448 e. The van der Waals surface area contributed by atoms with Gasteiger partial charge in [0.05, 0.1) is 12.7 Å². The number of likely N-dealkylation sites (N-methyl/N-ethyl adjacent to an activating group) is 1. The van der Waals surface area contributed by atoms with Crippen LogP contribution in [0.15, 0.2) is 0 Å². The van der Waals surface area contributed by atoms with Crippen LogP contribution in [-0.2, 0) is 9.47 Å². The fraction of sp³-hybridized carbons (Fsp3) is 0.947. The van der Waals surface area contributed by atoms with Crippen molar-refractivity contribution in [1.82, 2.24) is 14.7 Å². The van der Waals surface area contributed by atoms with E-state index >= 15 is 0 Å². The van der Waals surface area contributed by atoms with Gasteiger partial charge in [-0.05, 0) is 54.5 Å².